The van der Waals surface area contributed by atoms with Crippen molar-refractivity contribution in [3.8, 4) is 0 Å². The van der Waals surface area contributed by atoms with Crippen LogP contribution in [0.2, 0.25) is 0 Å². The number of ketones is 2. The summed E-state index contributed by atoms with van der Waals surface area (Å²) in [5.74, 6) is 0.908. The monoisotopic (exact) mass is 166 g/mol. The number of carbonyl (C=O) groups is 2. The van der Waals surface area contributed by atoms with Crippen LogP contribution in [0.25, 0.3) is 0 Å². The van der Waals surface area contributed by atoms with E-state index in [-0.39, 0.29) is 11.8 Å². The summed E-state index contributed by atoms with van der Waals surface area (Å²) in [5, 5.41) is 0. The van der Waals surface area contributed by atoms with Gasteiger partial charge in [0.2, 0.25) is 0 Å². The first kappa shape index (κ1) is 7.96. The summed E-state index contributed by atoms with van der Waals surface area (Å²) in [5.41, 5.74) is 0. The van der Waals surface area contributed by atoms with E-state index in [1.165, 1.54) is 0 Å². The van der Waals surface area contributed by atoms with E-state index in [4.69, 9.17) is 0 Å². The van der Waals surface area contributed by atoms with Crippen LogP contribution in [0.1, 0.15) is 38.5 Å². The molecule has 2 unspecified atom stereocenters. The molecule has 2 nitrogen and oxygen atoms in total. The average Bonchev–Trinajstić information content (AvgIpc) is 2.59. The highest BCUT2D eigenvalue weighted by Gasteiger charge is 2.38. The Labute approximate surface area is 72.3 Å². The van der Waals surface area contributed by atoms with Crippen LogP contribution < -0.4 is 0 Å². The lowest BCUT2D eigenvalue weighted by molar-refractivity contribution is -0.129. The van der Waals surface area contributed by atoms with Gasteiger partial charge in [-0.25, -0.2) is 0 Å². The SMILES string of the molecule is O=C1CCCC1C1CCCC1=O. The lowest BCUT2D eigenvalue weighted by Crippen LogP contribution is -2.21. The molecule has 2 heteroatoms. The van der Waals surface area contributed by atoms with Crippen LogP contribution >= 0.6 is 0 Å². The van der Waals surface area contributed by atoms with Crippen LogP contribution in [0.4, 0.5) is 0 Å². The standard InChI is InChI=1S/C10H14O2/c11-9-5-1-3-7(9)8-4-2-6-10(8)12/h7-8H,1-6H2. The fourth-order valence-electron chi connectivity index (χ4n) is 2.54. The van der Waals surface area contributed by atoms with Crippen LogP contribution in [-0.2, 0) is 9.59 Å². The molecule has 12 heavy (non-hydrogen) atoms. The molecule has 0 N–H and O–H groups in total. The summed E-state index contributed by atoms with van der Waals surface area (Å²) >= 11 is 0. The quantitative estimate of drug-likeness (QED) is 0.594. The highest BCUT2D eigenvalue weighted by molar-refractivity contribution is 5.91. The zero-order chi connectivity index (χ0) is 8.55. The van der Waals surface area contributed by atoms with E-state index < -0.39 is 0 Å². The molecular weight excluding hydrogens is 152 g/mol. The van der Waals surface area contributed by atoms with E-state index >= 15 is 0 Å². The molecule has 66 valence electrons. The lowest BCUT2D eigenvalue weighted by Gasteiger charge is -2.13. The number of rotatable bonds is 1. The van der Waals surface area contributed by atoms with Gasteiger partial charge in [-0.15, -0.1) is 0 Å². The van der Waals surface area contributed by atoms with Gasteiger partial charge in [0, 0.05) is 24.7 Å². The maximum absolute atomic E-state index is 11.4. The predicted molar refractivity (Wildman–Crippen MR) is 44.7 cm³/mol. The third kappa shape index (κ3) is 1.19. The van der Waals surface area contributed by atoms with E-state index in [0.29, 0.717) is 24.4 Å². The second-order valence-corrected chi connectivity index (χ2v) is 3.93. The molecule has 0 bridgehead atoms. The zero-order valence-electron chi connectivity index (χ0n) is 7.21. The number of carbonyl (C=O) groups excluding carboxylic acids is 2. The molecule has 0 amide bonds. The molecule has 0 radical (unpaired) electrons. The van der Waals surface area contributed by atoms with Crippen LogP contribution in [0.15, 0.2) is 0 Å². The van der Waals surface area contributed by atoms with Crippen molar-refractivity contribution in [1.82, 2.24) is 0 Å². The molecular formula is C10H14O2. The molecule has 0 saturated heterocycles. The zero-order valence-corrected chi connectivity index (χ0v) is 7.21. The number of Topliss-reactive ketones (excluding diaryl/α,β-unsaturated/α-hetero) is 2. The van der Waals surface area contributed by atoms with Gasteiger partial charge in [-0.1, -0.05) is 0 Å². The maximum Gasteiger partial charge on any atom is 0.136 e. The second kappa shape index (κ2) is 3.00. The van der Waals surface area contributed by atoms with E-state index in [1.54, 1.807) is 0 Å². The topological polar surface area (TPSA) is 34.1 Å². The number of hydrogen-bond acceptors (Lipinski definition) is 2. The molecule has 0 aromatic carbocycles. The summed E-state index contributed by atoms with van der Waals surface area (Å²) in [6.07, 6.45) is 5.38. The molecule has 2 atom stereocenters. The van der Waals surface area contributed by atoms with Crippen molar-refractivity contribution in [3.05, 3.63) is 0 Å². The second-order valence-electron chi connectivity index (χ2n) is 3.93. The highest BCUT2D eigenvalue weighted by atomic mass is 16.1. The Morgan fingerprint density at radius 3 is 1.50 bits per heavy atom. The Morgan fingerprint density at radius 1 is 0.833 bits per heavy atom. The molecule has 0 aliphatic heterocycles. The first-order valence-electron chi connectivity index (χ1n) is 4.84. The van der Waals surface area contributed by atoms with Gasteiger partial charge >= 0.3 is 0 Å². The Balaban J connectivity index is 2.08. The van der Waals surface area contributed by atoms with Gasteiger partial charge in [0.25, 0.3) is 0 Å². The van der Waals surface area contributed by atoms with Crippen molar-refractivity contribution in [3.63, 3.8) is 0 Å². The molecule has 2 rings (SSSR count). The minimum absolute atomic E-state index is 0.111. The van der Waals surface area contributed by atoms with Crippen LogP contribution in [-0.4, -0.2) is 11.6 Å². The van der Waals surface area contributed by atoms with E-state index in [0.717, 1.165) is 25.7 Å². The Hall–Kier alpha value is -0.660. The minimum Gasteiger partial charge on any atom is -0.299 e. The molecule has 2 aliphatic rings. The molecule has 2 aliphatic carbocycles. The van der Waals surface area contributed by atoms with Gasteiger partial charge in [0.05, 0.1) is 0 Å². The Bertz CT molecular complexity index is 196. The van der Waals surface area contributed by atoms with Crippen molar-refractivity contribution in [1.29, 1.82) is 0 Å². The van der Waals surface area contributed by atoms with Gasteiger partial charge in [-0.3, -0.25) is 9.59 Å². The van der Waals surface area contributed by atoms with Crippen LogP contribution in [0.5, 0.6) is 0 Å². The van der Waals surface area contributed by atoms with E-state index in [2.05, 4.69) is 0 Å². The first-order valence-corrected chi connectivity index (χ1v) is 4.84. The van der Waals surface area contributed by atoms with Crippen molar-refractivity contribution in [2.24, 2.45) is 11.8 Å². The lowest BCUT2D eigenvalue weighted by atomic mass is 9.88. The molecule has 0 spiro atoms. The highest BCUT2D eigenvalue weighted by Crippen LogP contribution is 2.36. The minimum atomic E-state index is 0.111. The molecule has 0 aromatic rings. The average molecular weight is 166 g/mol. The summed E-state index contributed by atoms with van der Waals surface area (Å²) in [4.78, 5) is 22.7. The first-order chi connectivity index (χ1) is 5.79. The van der Waals surface area contributed by atoms with Gasteiger partial charge < -0.3 is 0 Å². The van der Waals surface area contributed by atoms with Crippen LogP contribution in [0.3, 0.4) is 0 Å². The molecule has 0 aromatic heterocycles. The molecule has 2 saturated carbocycles. The van der Waals surface area contributed by atoms with Gasteiger partial charge in [0.15, 0.2) is 0 Å². The van der Waals surface area contributed by atoms with E-state index in [1.807, 2.05) is 0 Å². The van der Waals surface area contributed by atoms with Crippen molar-refractivity contribution in [2.45, 2.75) is 38.5 Å². The summed E-state index contributed by atoms with van der Waals surface area (Å²) in [6.45, 7) is 0. The smallest absolute Gasteiger partial charge is 0.136 e. The van der Waals surface area contributed by atoms with Gasteiger partial charge in [0.1, 0.15) is 11.6 Å². The van der Waals surface area contributed by atoms with E-state index in [9.17, 15) is 9.59 Å². The van der Waals surface area contributed by atoms with Crippen LogP contribution in [0, 0.1) is 11.8 Å². The fraction of sp³-hybridized carbons (Fsp3) is 0.800. The third-order valence-electron chi connectivity index (χ3n) is 3.19. The normalized spacial score (nSPS) is 36.3. The Morgan fingerprint density at radius 2 is 1.25 bits per heavy atom. The maximum atomic E-state index is 11.4. The molecule has 2 fully saturated rings. The summed E-state index contributed by atoms with van der Waals surface area (Å²) < 4.78 is 0. The third-order valence-corrected chi connectivity index (χ3v) is 3.19. The van der Waals surface area contributed by atoms with Gasteiger partial charge in [-0.05, 0) is 25.7 Å². The Kier molecular flexibility index (Phi) is 1.99. The fourth-order valence-corrected chi connectivity index (χ4v) is 2.54. The number of hydrogen-bond donors (Lipinski definition) is 0. The van der Waals surface area contributed by atoms with Gasteiger partial charge in [-0.2, -0.15) is 0 Å². The summed E-state index contributed by atoms with van der Waals surface area (Å²) in [7, 11) is 0. The predicted octanol–water partition coefficient (Wildman–Crippen LogP) is 1.72. The van der Waals surface area contributed by atoms with Crippen molar-refractivity contribution < 1.29 is 9.59 Å². The molecule has 0 heterocycles. The summed E-state index contributed by atoms with van der Waals surface area (Å²) in [6, 6.07) is 0. The van der Waals surface area contributed by atoms with Crippen molar-refractivity contribution >= 4 is 11.6 Å². The van der Waals surface area contributed by atoms with Crippen molar-refractivity contribution in [2.75, 3.05) is 0 Å². The largest absolute Gasteiger partial charge is 0.299 e.